The Bertz CT molecular complexity index is 805. The van der Waals surface area contributed by atoms with Crippen LogP contribution in [0.15, 0.2) is 42.0 Å². The number of benzene rings is 1. The van der Waals surface area contributed by atoms with Gasteiger partial charge < -0.3 is 5.32 Å². The van der Waals surface area contributed by atoms with Gasteiger partial charge in [-0.2, -0.15) is 0 Å². The van der Waals surface area contributed by atoms with Crippen molar-refractivity contribution in [1.82, 2.24) is 14.7 Å². The standard InChI is InChI=1S/C17H17N3O2S/c1-12-2-4-13(5-3-12)15(21)6-7-16(22)18-10-14-11-20-8-9-23-17(20)19-14/h2-5,8-9,11H,6-7,10H2,1H3,(H,18,22). The minimum Gasteiger partial charge on any atom is -0.350 e. The summed E-state index contributed by atoms with van der Waals surface area (Å²) in [5.41, 5.74) is 2.58. The first-order valence-corrected chi connectivity index (χ1v) is 8.27. The minimum absolute atomic E-state index is 0.0114. The number of aromatic nitrogens is 2. The number of ketones is 1. The smallest absolute Gasteiger partial charge is 0.220 e. The molecule has 6 heteroatoms. The van der Waals surface area contributed by atoms with Crippen LogP contribution in [-0.4, -0.2) is 21.1 Å². The Morgan fingerprint density at radius 2 is 2.00 bits per heavy atom. The van der Waals surface area contributed by atoms with Crippen LogP contribution in [0.4, 0.5) is 0 Å². The molecule has 1 amide bonds. The molecule has 3 aromatic rings. The molecule has 0 bridgehead atoms. The van der Waals surface area contributed by atoms with Crippen LogP contribution in [-0.2, 0) is 11.3 Å². The van der Waals surface area contributed by atoms with Gasteiger partial charge >= 0.3 is 0 Å². The Kier molecular flexibility index (Phi) is 4.52. The first kappa shape index (κ1) is 15.4. The third-order valence-corrected chi connectivity index (χ3v) is 4.33. The molecule has 2 heterocycles. The molecular formula is C17H17N3O2S. The predicted octanol–water partition coefficient (Wildman–Crippen LogP) is 2.98. The highest BCUT2D eigenvalue weighted by Crippen LogP contribution is 2.11. The molecule has 118 valence electrons. The van der Waals surface area contributed by atoms with Crippen molar-refractivity contribution < 1.29 is 9.59 Å². The summed E-state index contributed by atoms with van der Waals surface area (Å²) < 4.78 is 1.92. The minimum atomic E-state index is -0.137. The van der Waals surface area contributed by atoms with Gasteiger partial charge in [-0.3, -0.25) is 14.0 Å². The number of rotatable bonds is 6. The Balaban J connectivity index is 1.46. The van der Waals surface area contributed by atoms with Crippen LogP contribution < -0.4 is 5.32 Å². The number of Topliss-reactive ketones (excluding diaryl/α,β-unsaturated/α-hetero) is 1. The Morgan fingerprint density at radius 3 is 2.74 bits per heavy atom. The summed E-state index contributed by atoms with van der Waals surface area (Å²) in [6.45, 7) is 2.35. The first-order valence-electron chi connectivity index (χ1n) is 7.39. The quantitative estimate of drug-likeness (QED) is 0.708. The lowest BCUT2D eigenvalue weighted by Crippen LogP contribution is -2.23. The molecule has 2 aromatic heterocycles. The number of amides is 1. The number of imidazole rings is 1. The average molecular weight is 327 g/mol. The Labute approximate surface area is 138 Å². The van der Waals surface area contributed by atoms with E-state index in [1.165, 1.54) is 0 Å². The normalized spacial score (nSPS) is 10.8. The van der Waals surface area contributed by atoms with Gasteiger partial charge in [0.05, 0.1) is 12.2 Å². The van der Waals surface area contributed by atoms with Crippen molar-refractivity contribution >= 4 is 28.0 Å². The van der Waals surface area contributed by atoms with Gasteiger partial charge in [-0.15, -0.1) is 11.3 Å². The van der Waals surface area contributed by atoms with Crippen molar-refractivity contribution in [1.29, 1.82) is 0 Å². The van der Waals surface area contributed by atoms with Gasteiger partial charge in [-0.05, 0) is 6.92 Å². The summed E-state index contributed by atoms with van der Waals surface area (Å²) in [7, 11) is 0. The molecule has 0 aliphatic carbocycles. The summed E-state index contributed by atoms with van der Waals surface area (Å²) in [5.74, 6) is -0.149. The fourth-order valence-electron chi connectivity index (χ4n) is 2.25. The van der Waals surface area contributed by atoms with E-state index in [0.29, 0.717) is 12.1 Å². The lowest BCUT2D eigenvalue weighted by atomic mass is 10.1. The molecule has 0 unspecified atom stereocenters. The van der Waals surface area contributed by atoms with Crippen LogP contribution in [0.5, 0.6) is 0 Å². The third-order valence-electron chi connectivity index (χ3n) is 3.56. The highest BCUT2D eigenvalue weighted by atomic mass is 32.1. The molecule has 0 spiro atoms. The lowest BCUT2D eigenvalue weighted by molar-refractivity contribution is -0.121. The molecule has 0 saturated heterocycles. The summed E-state index contributed by atoms with van der Waals surface area (Å²) in [6, 6.07) is 7.40. The molecule has 0 aliphatic heterocycles. The molecule has 23 heavy (non-hydrogen) atoms. The van der Waals surface area contributed by atoms with E-state index in [-0.39, 0.29) is 24.5 Å². The van der Waals surface area contributed by atoms with Gasteiger partial charge in [0.25, 0.3) is 0 Å². The molecule has 0 atom stereocenters. The van der Waals surface area contributed by atoms with Crippen LogP contribution >= 0.6 is 11.3 Å². The molecule has 3 rings (SSSR count). The number of hydrogen-bond donors (Lipinski definition) is 1. The van der Waals surface area contributed by atoms with E-state index < -0.39 is 0 Å². The van der Waals surface area contributed by atoms with E-state index >= 15 is 0 Å². The van der Waals surface area contributed by atoms with Crippen LogP contribution in [0.3, 0.4) is 0 Å². The SMILES string of the molecule is Cc1ccc(C(=O)CCC(=O)NCc2cn3ccsc3n2)cc1. The maximum atomic E-state index is 12.0. The van der Waals surface area contributed by atoms with Gasteiger partial charge in [0.2, 0.25) is 5.91 Å². The second-order valence-electron chi connectivity index (χ2n) is 5.39. The average Bonchev–Trinajstić information content (AvgIpc) is 3.12. The molecule has 5 nitrogen and oxygen atoms in total. The predicted molar refractivity (Wildman–Crippen MR) is 89.7 cm³/mol. The molecule has 1 N–H and O–H groups in total. The maximum absolute atomic E-state index is 12.0. The van der Waals surface area contributed by atoms with E-state index in [2.05, 4.69) is 10.3 Å². The van der Waals surface area contributed by atoms with Crippen molar-refractivity contribution in [3.05, 3.63) is 58.9 Å². The number of carbonyl (C=O) groups excluding carboxylic acids is 2. The largest absolute Gasteiger partial charge is 0.350 e. The van der Waals surface area contributed by atoms with Crippen molar-refractivity contribution in [3.8, 4) is 0 Å². The van der Waals surface area contributed by atoms with Crippen LogP contribution in [0.2, 0.25) is 0 Å². The van der Waals surface area contributed by atoms with Crippen molar-refractivity contribution in [2.75, 3.05) is 0 Å². The molecule has 0 fully saturated rings. The number of fused-ring (bicyclic) bond motifs is 1. The molecule has 1 aromatic carbocycles. The summed E-state index contributed by atoms with van der Waals surface area (Å²) in [6.07, 6.45) is 4.23. The summed E-state index contributed by atoms with van der Waals surface area (Å²) in [5, 5.41) is 4.76. The van der Waals surface area contributed by atoms with E-state index in [1.54, 1.807) is 23.5 Å². The number of nitrogens with one attached hydrogen (secondary N) is 1. The van der Waals surface area contributed by atoms with E-state index in [0.717, 1.165) is 16.2 Å². The van der Waals surface area contributed by atoms with Crippen LogP contribution in [0.25, 0.3) is 4.96 Å². The number of thiazole rings is 1. The highest BCUT2D eigenvalue weighted by Gasteiger charge is 2.10. The monoisotopic (exact) mass is 327 g/mol. The van der Waals surface area contributed by atoms with Crippen molar-refractivity contribution in [2.24, 2.45) is 0 Å². The number of aryl methyl sites for hydroxylation is 1. The zero-order valence-corrected chi connectivity index (χ0v) is 13.6. The summed E-state index contributed by atoms with van der Waals surface area (Å²) in [4.78, 5) is 29.2. The number of hydrogen-bond acceptors (Lipinski definition) is 4. The topological polar surface area (TPSA) is 63.5 Å². The lowest BCUT2D eigenvalue weighted by Gasteiger charge is -2.03. The number of carbonyl (C=O) groups is 2. The molecule has 0 aliphatic rings. The Morgan fingerprint density at radius 1 is 1.22 bits per heavy atom. The van der Waals surface area contributed by atoms with Gasteiger partial charge in [-0.1, -0.05) is 29.8 Å². The van der Waals surface area contributed by atoms with E-state index in [1.807, 2.05) is 41.2 Å². The van der Waals surface area contributed by atoms with Crippen LogP contribution in [0.1, 0.15) is 34.5 Å². The van der Waals surface area contributed by atoms with Gasteiger partial charge in [0.1, 0.15) is 0 Å². The molecule has 0 radical (unpaired) electrons. The van der Waals surface area contributed by atoms with Gasteiger partial charge in [-0.25, -0.2) is 4.98 Å². The Hall–Kier alpha value is -2.47. The maximum Gasteiger partial charge on any atom is 0.220 e. The molecular weight excluding hydrogens is 310 g/mol. The zero-order chi connectivity index (χ0) is 16.2. The number of nitrogens with zero attached hydrogens (tertiary/aromatic N) is 2. The highest BCUT2D eigenvalue weighted by molar-refractivity contribution is 7.15. The second kappa shape index (κ2) is 6.75. The van der Waals surface area contributed by atoms with E-state index in [9.17, 15) is 9.59 Å². The molecule has 0 saturated carbocycles. The van der Waals surface area contributed by atoms with Crippen LogP contribution in [0, 0.1) is 6.92 Å². The first-order chi connectivity index (χ1) is 11.1. The zero-order valence-electron chi connectivity index (χ0n) is 12.8. The fourth-order valence-corrected chi connectivity index (χ4v) is 2.97. The van der Waals surface area contributed by atoms with Crippen molar-refractivity contribution in [2.45, 2.75) is 26.3 Å². The van der Waals surface area contributed by atoms with E-state index in [4.69, 9.17) is 0 Å². The fraction of sp³-hybridized carbons (Fsp3) is 0.235. The second-order valence-corrected chi connectivity index (χ2v) is 6.26. The van der Waals surface area contributed by atoms with Crippen molar-refractivity contribution in [3.63, 3.8) is 0 Å². The van der Waals surface area contributed by atoms with Gasteiger partial charge in [0, 0.05) is 36.2 Å². The van der Waals surface area contributed by atoms with Gasteiger partial charge in [0.15, 0.2) is 10.7 Å². The third kappa shape index (κ3) is 3.84. The summed E-state index contributed by atoms with van der Waals surface area (Å²) >= 11 is 1.55.